The lowest BCUT2D eigenvalue weighted by Crippen LogP contribution is -2.38. The van der Waals surface area contributed by atoms with Crippen molar-refractivity contribution in [1.82, 2.24) is 24.2 Å². The van der Waals surface area contributed by atoms with E-state index < -0.39 is 0 Å². The van der Waals surface area contributed by atoms with Crippen LogP contribution in [0.4, 0.5) is 0 Å². The highest BCUT2D eigenvalue weighted by Crippen LogP contribution is 2.28. The minimum absolute atomic E-state index is 0.0284. The number of carbonyl (C=O) groups excluding carboxylic acids is 1. The van der Waals surface area contributed by atoms with Crippen molar-refractivity contribution in [1.29, 1.82) is 0 Å². The number of benzene rings is 2. The van der Waals surface area contributed by atoms with Crippen molar-refractivity contribution in [3.05, 3.63) is 93.6 Å². The maximum Gasteiger partial charge on any atom is 0.346 e. The molecule has 5 rings (SSSR count). The summed E-state index contributed by atoms with van der Waals surface area (Å²) in [4.78, 5) is 32.5. The Bertz CT molecular complexity index is 1320. The molecule has 0 spiro atoms. The summed E-state index contributed by atoms with van der Waals surface area (Å²) in [5.41, 5.74) is 2.50. The molecule has 8 heteroatoms. The highest BCUT2D eigenvalue weighted by Gasteiger charge is 2.29. The molecule has 4 aromatic rings. The summed E-state index contributed by atoms with van der Waals surface area (Å²) in [6.07, 6.45) is 1.56. The number of thiazole rings is 1. The molecule has 7 nitrogen and oxygen atoms in total. The van der Waals surface area contributed by atoms with Gasteiger partial charge in [0.1, 0.15) is 16.5 Å². The number of aromatic nitrogens is 4. The molecule has 2 aromatic carbocycles. The summed E-state index contributed by atoms with van der Waals surface area (Å²) in [7, 11) is 0. The van der Waals surface area contributed by atoms with Gasteiger partial charge in [-0.2, -0.15) is 5.10 Å². The highest BCUT2D eigenvalue weighted by atomic mass is 32.1. The highest BCUT2D eigenvalue weighted by molar-refractivity contribution is 7.13. The number of amides is 1. The number of rotatable bonds is 6. The van der Waals surface area contributed by atoms with Gasteiger partial charge in [-0.25, -0.2) is 14.5 Å². The van der Waals surface area contributed by atoms with Crippen molar-refractivity contribution >= 4 is 17.2 Å². The average Bonchev–Trinajstić information content (AvgIpc) is 3.50. The van der Waals surface area contributed by atoms with Crippen molar-refractivity contribution in [3.8, 4) is 10.6 Å². The van der Waals surface area contributed by atoms with Crippen LogP contribution in [0.3, 0.4) is 0 Å². The van der Waals surface area contributed by atoms with E-state index in [1.54, 1.807) is 9.25 Å². The van der Waals surface area contributed by atoms with Crippen molar-refractivity contribution in [2.45, 2.75) is 38.8 Å². The second-order valence-corrected chi connectivity index (χ2v) is 9.36. The number of hydrogen-bond donors (Lipinski definition) is 0. The molecule has 1 fully saturated rings. The third-order valence-corrected chi connectivity index (χ3v) is 7.23. The topological polar surface area (TPSA) is 73.0 Å². The molecule has 0 radical (unpaired) electrons. The van der Waals surface area contributed by atoms with E-state index in [0.29, 0.717) is 31.9 Å². The Labute approximate surface area is 202 Å². The van der Waals surface area contributed by atoms with Crippen LogP contribution in [0.1, 0.15) is 47.6 Å². The largest absolute Gasteiger partial charge is 0.346 e. The van der Waals surface area contributed by atoms with Gasteiger partial charge in [0.25, 0.3) is 5.91 Å². The van der Waals surface area contributed by atoms with Crippen molar-refractivity contribution < 1.29 is 4.79 Å². The molecule has 1 aliphatic heterocycles. The van der Waals surface area contributed by atoms with Crippen LogP contribution < -0.4 is 5.69 Å². The summed E-state index contributed by atoms with van der Waals surface area (Å²) in [6, 6.07) is 19.8. The lowest BCUT2D eigenvalue weighted by Gasteiger charge is -2.31. The van der Waals surface area contributed by atoms with Crippen LogP contribution in [-0.2, 0) is 13.1 Å². The predicted molar refractivity (Wildman–Crippen MR) is 133 cm³/mol. The molecule has 0 N–H and O–H groups in total. The maximum absolute atomic E-state index is 13.1. The van der Waals surface area contributed by atoms with E-state index in [9.17, 15) is 9.59 Å². The zero-order valence-corrected chi connectivity index (χ0v) is 19.9. The fourth-order valence-electron chi connectivity index (χ4n) is 4.50. The molecular formula is C26H27N5O2S. The number of hydrogen-bond acceptors (Lipinski definition) is 5. The van der Waals surface area contributed by atoms with E-state index in [0.717, 1.165) is 34.8 Å². The first-order valence-corrected chi connectivity index (χ1v) is 12.5. The van der Waals surface area contributed by atoms with Gasteiger partial charge in [-0.3, -0.25) is 9.36 Å². The Hall–Kier alpha value is -3.52. The van der Waals surface area contributed by atoms with E-state index in [1.807, 2.05) is 77.9 Å². The standard InChI is InChI=1S/C26H27N5O2S/c1-2-30-23(28-31(26(30)33)17-19-9-5-3-6-10-19)20-13-15-29(16-14-20)25(32)22-18-34-24(27-22)21-11-7-4-8-12-21/h3-12,18,20H,2,13-17H2,1H3. The first-order valence-electron chi connectivity index (χ1n) is 11.7. The van der Waals surface area contributed by atoms with Gasteiger partial charge in [0.15, 0.2) is 0 Å². The zero-order chi connectivity index (χ0) is 23.5. The SMILES string of the molecule is CCn1c(C2CCN(C(=O)c3csc(-c4ccccc4)n3)CC2)nn(Cc2ccccc2)c1=O. The van der Waals surface area contributed by atoms with Crippen LogP contribution >= 0.6 is 11.3 Å². The van der Waals surface area contributed by atoms with Gasteiger partial charge in [0.05, 0.1) is 6.54 Å². The fraction of sp³-hybridized carbons (Fsp3) is 0.308. The maximum atomic E-state index is 13.1. The third kappa shape index (κ3) is 4.46. The quantitative estimate of drug-likeness (QED) is 0.420. The first kappa shape index (κ1) is 22.3. The monoisotopic (exact) mass is 473 g/mol. The van der Waals surface area contributed by atoms with Gasteiger partial charge in [-0.1, -0.05) is 60.7 Å². The Morgan fingerprint density at radius 2 is 1.71 bits per heavy atom. The summed E-state index contributed by atoms with van der Waals surface area (Å²) >= 11 is 1.49. The molecule has 1 amide bonds. The van der Waals surface area contributed by atoms with E-state index in [2.05, 4.69) is 4.98 Å². The predicted octanol–water partition coefficient (Wildman–Crippen LogP) is 4.26. The number of carbonyl (C=O) groups is 1. The van der Waals surface area contributed by atoms with Gasteiger partial charge in [0, 0.05) is 36.5 Å². The van der Waals surface area contributed by atoms with Crippen molar-refractivity contribution in [2.75, 3.05) is 13.1 Å². The molecule has 174 valence electrons. The number of nitrogens with zero attached hydrogens (tertiary/aromatic N) is 5. The third-order valence-electron chi connectivity index (χ3n) is 6.33. The van der Waals surface area contributed by atoms with Crippen LogP contribution in [0.5, 0.6) is 0 Å². The molecule has 1 aliphatic rings. The molecule has 0 saturated carbocycles. The second-order valence-electron chi connectivity index (χ2n) is 8.50. The fourth-order valence-corrected chi connectivity index (χ4v) is 5.30. The summed E-state index contributed by atoms with van der Waals surface area (Å²) in [5, 5.41) is 7.42. The van der Waals surface area contributed by atoms with Gasteiger partial charge in [-0.15, -0.1) is 11.3 Å². The van der Waals surface area contributed by atoms with E-state index in [4.69, 9.17) is 5.10 Å². The zero-order valence-electron chi connectivity index (χ0n) is 19.1. The molecule has 0 unspecified atom stereocenters. The Morgan fingerprint density at radius 3 is 2.38 bits per heavy atom. The average molecular weight is 474 g/mol. The Balaban J connectivity index is 1.27. The minimum atomic E-state index is -0.0734. The Morgan fingerprint density at radius 1 is 1.03 bits per heavy atom. The molecule has 3 heterocycles. The molecular weight excluding hydrogens is 446 g/mol. The summed E-state index contributed by atoms with van der Waals surface area (Å²) in [6.45, 7) is 4.29. The van der Waals surface area contributed by atoms with Crippen molar-refractivity contribution in [2.24, 2.45) is 0 Å². The first-order chi connectivity index (χ1) is 16.6. The van der Waals surface area contributed by atoms with Gasteiger partial charge < -0.3 is 4.90 Å². The van der Waals surface area contributed by atoms with E-state index in [1.165, 1.54) is 11.3 Å². The van der Waals surface area contributed by atoms with Crippen LogP contribution in [0.15, 0.2) is 70.8 Å². The Kier molecular flexibility index (Phi) is 6.40. The second kappa shape index (κ2) is 9.77. The smallest absolute Gasteiger partial charge is 0.337 e. The molecule has 2 aromatic heterocycles. The molecule has 0 bridgehead atoms. The normalized spacial score (nSPS) is 14.4. The van der Waals surface area contributed by atoms with Crippen LogP contribution in [-0.4, -0.2) is 43.2 Å². The lowest BCUT2D eigenvalue weighted by molar-refractivity contribution is 0.0705. The van der Waals surface area contributed by atoms with Crippen LogP contribution in [0, 0.1) is 0 Å². The minimum Gasteiger partial charge on any atom is -0.337 e. The van der Waals surface area contributed by atoms with Gasteiger partial charge >= 0.3 is 5.69 Å². The van der Waals surface area contributed by atoms with Crippen LogP contribution in [0.2, 0.25) is 0 Å². The lowest BCUT2D eigenvalue weighted by atomic mass is 9.95. The van der Waals surface area contributed by atoms with E-state index in [-0.39, 0.29) is 17.5 Å². The molecule has 34 heavy (non-hydrogen) atoms. The molecule has 0 atom stereocenters. The summed E-state index contributed by atoms with van der Waals surface area (Å²) in [5.74, 6) is 0.957. The van der Waals surface area contributed by atoms with Gasteiger partial charge in [0.2, 0.25) is 0 Å². The van der Waals surface area contributed by atoms with Crippen molar-refractivity contribution in [3.63, 3.8) is 0 Å². The number of likely N-dealkylation sites (tertiary alicyclic amines) is 1. The van der Waals surface area contributed by atoms with Crippen LogP contribution in [0.25, 0.3) is 10.6 Å². The summed E-state index contributed by atoms with van der Waals surface area (Å²) < 4.78 is 3.34. The van der Waals surface area contributed by atoms with E-state index >= 15 is 0 Å². The van der Waals surface area contributed by atoms with Gasteiger partial charge in [-0.05, 0) is 25.3 Å². The molecule has 0 aliphatic carbocycles. The number of piperidine rings is 1. The molecule has 1 saturated heterocycles.